The van der Waals surface area contributed by atoms with Crippen molar-refractivity contribution in [3.8, 4) is 11.3 Å². The molecule has 0 aliphatic rings. The fourth-order valence-electron chi connectivity index (χ4n) is 2.42. The van der Waals surface area contributed by atoms with Crippen molar-refractivity contribution in [2.45, 2.75) is 0 Å². The van der Waals surface area contributed by atoms with Gasteiger partial charge in [0, 0.05) is 6.07 Å². The summed E-state index contributed by atoms with van der Waals surface area (Å²) in [6.07, 6.45) is 0. The van der Waals surface area contributed by atoms with E-state index in [1.165, 1.54) is 0 Å². The van der Waals surface area contributed by atoms with Crippen molar-refractivity contribution in [2.24, 2.45) is 0 Å². The Hall–Kier alpha value is -3.20. The summed E-state index contributed by atoms with van der Waals surface area (Å²) in [5.74, 6) is -4.13. The molecule has 5 nitrogen and oxygen atoms in total. The number of benzene rings is 2. The smallest absolute Gasteiger partial charge is 0.281 e. The highest BCUT2D eigenvalue weighted by Gasteiger charge is 2.18. The standard InChI is InChI=1S/C17H9F3N4OS/c18-10-6-9-15(14(20)13(10)19)26-17(22-16(9)25)21-12-7-11(23-24-12)8-4-2-1-3-5-8/h1-7H,(H2,21,22,23,24,25). The van der Waals surface area contributed by atoms with E-state index in [1.807, 2.05) is 30.3 Å². The van der Waals surface area contributed by atoms with Gasteiger partial charge in [-0.2, -0.15) is 10.1 Å². The first kappa shape index (κ1) is 16.3. The number of hydrogen-bond donors (Lipinski definition) is 2. The van der Waals surface area contributed by atoms with Crippen LogP contribution in [0.1, 0.15) is 0 Å². The zero-order chi connectivity index (χ0) is 18.3. The molecule has 4 aromatic rings. The monoisotopic (exact) mass is 374 g/mol. The Morgan fingerprint density at radius 3 is 2.58 bits per heavy atom. The van der Waals surface area contributed by atoms with Crippen LogP contribution in [0.4, 0.5) is 24.1 Å². The molecule has 0 amide bonds. The third-order valence-electron chi connectivity index (χ3n) is 3.65. The predicted molar refractivity (Wildman–Crippen MR) is 93.1 cm³/mol. The molecule has 4 rings (SSSR count). The van der Waals surface area contributed by atoms with Crippen LogP contribution < -0.4 is 10.9 Å². The van der Waals surface area contributed by atoms with Gasteiger partial charge >= 0.3 is 0 Å². The molecule has 2 N–H and O–H groups in total. The summed E-state index contributed by atoms with van der Waals surface area (Å²) < 4.78 is 40.4. The summed E-state index contributed by atoms with van der Waals surface area (Å²) >= 11 is 0.693. The van der Waals surface area contributed by atoms with E-state index in [9.17, 15) is 18.0 Å². The van der Waals surface area contributed by atoms with Gasteiger partial charge in [0.2, 0.25) is 0 Å². The molecule has 26 heavy (non-hydrogen) atoms. The number of fused-ring (bicyclic) bond motifs is 1. The number of halogens is 3. The highest BCUT2D eigenvalue weighted by molar-refractivity contribution is 7.21. The number of anilines is 2. The number of hydrogen-bond acceptors (Lipinski definition) is 5. The Balaban J connectivity index is 1.72. The Bertz CT molecular complexity index is 1170. The molecule has 0 fully saturated rings. The van der Waals surface area contributed by atoms with Gasteiger partial charge in [-0.05, 0) is 11.6 Å². The van der Waals surface area contributed by atoms with Crippen LogP contribution in [0, 0.1) is 17.5 Å². The second-order valence-corrected chi connectivity index (χ2v) is 6.34. The minimum atomic E-state index is -1.63. The van der Waals surface area contributed by atoms with Gasteiger partial charge in [-0.3, -0.25) is 9.89 Å². The van der Waals surface area contributed by atoms with Crippen molar-refractivity contribution in [3.05, 3.63) is 70.3 Å². The van der Waals surface area contributed by atoms with Crippen LogP contribution in [0.25, 0.3) is 21.3 Å². The molecule has 2 aromatic carbocycles. The molecule has 0 aliphatic heterocycles. The number of rotatable bonds is 3. The Morgan fingerprint density at radius 2 is 1.81 bits per heavy atom. The maximum absolute atomic E-state index is 14.0. The van der Waals surface area contributed by atoms with E-state index in [4.69, 9.17) is 0 Å². The second-order valence-electron chi connectivity index (χ2n) is 5.35. The zero-order valence-electron chi connectivity index (χ0n) is 12.9. The summed E-state index contributed by atoms with van der Waals surface area (Å²) in [5.41, 5.74) is 0.759. The van der Waals surface area contributed by atoms with Crippen LogP contribution in [0.2, 0.25) is 0 Å². The molecule has 0 saturated heterocycles. The van der Waals surface area contributed by atoms with E-state index in [0.717, 1.165) is 11.3 Å². The van der Waals surface area contributed by atoms with Crippen LogP contribution in [-0.4, -0.2) is 15.2 Å². The Labute approximate surface area is 148 Å². The largest absolute Gasteiger partial charge is 0.315 e. The van der Waals surface area contributed by atoms with Gasteiger partial charge < -0.3 is 5.32 Å². The number of nitrogens with zero attached hydrogens (tertiary/aromatic N) is 2. The van der Waals surface area contributed by atoms with Gasteiger partial charge in [0.05, 0.1) is 15.8 Å². The number of aromatic amines is 1. The lowest BCUT2D eigenvalue weighted by Gasteiger charge is -2.04. The maximum atomic E-state index is 14.0. The molecule has 0 spiro atoms. The van der Waals surface area contributed by atoms with E-state index in [2.05, 4.69) is 20.5 Å². The molecule has 0 saturated carbocycles. The van der Waals surface area contributed by atoms with Gasteiger partial charge in [-0.15, -0.1) is 0 Å². The van der Waals surface area contributed by atoms with Crippen LogP contribution in [0.3, 0.4) is 0 Å². The minimum absolute atomic E-state index is 0.0125. The highest BCUT2D eigenvalue weighted by Crippen LogP contribution is 2.29. The number of H-pyrrole nitrogens is 1. The van der Waals surface area contributed by atoms with E-state index in [-0.39, 0.29) is 15.2 Å². The number of aromatic nitrogens is 3. The first-order valence-corrected chi connectivity index (χ1v) is 8.21. The zero-order valence-corrected chi connectivity index (χ0v) is 13.7. The molecule has 0 radical (unpaired) electrons. The van der Waals surface area contributed by atoms with Crippen molar-refractivity contribution >= 4 is 32.4 Å². The van der Waals surface area contributed by atoms with E-state index in [1.54, 1.807) is 6.07 Å². The van der Waals surface area contributed by atoms with Crippen molar-refractivity contribution in [1.82, 2.24) is 15.2 Å². The third-order valence-corrected chi connectivity index (χ3v) is 4.64. The third kappa shape index (κ3) is 2.82. The predicted octanol–water partition coefficient (Wildman–Crippen LogP) is 4.21. The maximum Gasteiger partial charge on any atom is 0.281 e. The average molecular weight is 374 g/mol. The Morgan fingerprint density at radius 1 is 1.04 bits per heavy atom. The van der Waals surface area contributed by atoms with Crippen molar-refractivity contribution < 1.29 is 13.2 Å². The van der Waals surface area contributed by atoms with Gasteiger partial charge in [-0.25, -0.2) is 13.2 Å². The summed E-state index contributed by atoms with van der Waals surface area (Å²) in [7, 11) is 0. The van der Waals surface area contributed by atoms with E-state index >= 15 is 0 Å². The summed E-state index contributed by atoms with van der Waals surface area (Å²) in [6, 6.07) is 11.7. The van der Waals surface area contributed by atoms with E-state index < -0.39 is 23.0 Å². The van der Waals surface area contributed by atoms with Crippen LogP contribution in [-0.2, 0) is 0 Å². The quantitative estimate of drug-likeness (QED) is 0.527. The van der Waals surface area contributed by atoms with Crippen LogP contribution in [0.15, 0.2) is 47.3 Å². The minimum Gasteiger partial charge on any atom is -0.315 e. The normalized spacial score (nSPS) is 11.0. The van der Waals surface area contributed by atoms with Crippen molar-refractivity contribution in [1.29, 1.82) is 0 Å². The van der Waals surface area contributed by atoms with E-state index in [0.29, 0.717) is 23.2 Å². The van der Waals surface area contributed by atoms with Gasteiger partial charge in [0.15, 0.2) is 28.4 Å². The first-order valence-electron chi connectivity index (χ1n) is 7.39. The second kappa shape index (κ2) is 6.26. The highest BCUT2D eigenvalue weighted by atomic mass is 32.1. The van der Waals surface area contributed by atoms with Gasteiger partial charge in [-0.1, -0.05) is 41.7 Å². The molecular formula is C17H9F3N4OS. The molecule has 0 bridgehead atoms. The van der Waals surface area contributed by atoms with Crippen LogP contribution >= 0.6 is 11.3 Å². The lowest BCUT2D eigenvalue weighted by molar-refractivity contribution is 0.454. The molecule has 0 unspecified atom stereocenters. The lowest BCUT2D eigenvalue weighted by atomic mass is 10.2. The molecular weight excluding hydrogens is 365 g/mol. The van der Waals surface area contributed by atoms with Gasteiger partial charge in [0.1, 0.15) is 0 Å². The molecule has 2 aromatic heterocycles. The summed E-state index contributed by atoms with van der Waals surface area (Å²) in [6.45, 7) is 0. The summed E-state index contributed by atoms with van der Waals surface area (Å²) in [4.78, 5) is 15.7. The SMILES string of the molecule is O=c1nc(Nc2cc(-c3ccccc3)[nH]n2)sc2c(F)c(F)c(F)cc12. The molecule has 0 aliphatic carbocycles. The molecule has 0 atom stereocenters. The van der Waals surface area contributed by atoms with Gasteiger partial charge in [0.25, 0.3) is 5.56 Å². The average Bonchev–Trinajstić information content (AvgIpc) is 3.10. The van der Waals surface area contributed by atoms with Crippen LogP contribution in [0.5, 0.6) is 0 Å². The molecule has 130 valence electrons. The fraction of sp³-hybridized carbons (Fsp3) is 0. The molecule has 9 heteroatoms. The van der Waals surface area contributed by atoms with Crippen molar-refractivity contribution in [2.75, 3.05) is 5.32 Å². The lowest BCUT2D eigenvalue weighted by Crippen LogP contribution is -2.09. The first-order chi connectivity index (χ1) is 12.5. The summed E-state index contributed by atoms with van der Waals surface area (Å²) in [5, 5.41) is 9.34. The fourth-order valence-corrected chi connectivity index (χ4v) is 3.34. The molecule has 2 heterocycles. The number of nitrogens with one attached hydrogen (secondary N) is 2. The Kier molecular flexibility index (Phi) is 3.92. The topological polar surface area (TPSA) is 70.7 Å². The van der Waals surface area contributed by atoms with Crippen molar-refractivity contribution in [3.63, 3.8) is 0 Å².